The van der Waals surface area contributed by atoms with Gasteiger partial charge in [-0.25, -0.2) is 9.78 Å². The summed E-state index contributed by atoms with van der Waals surface area (Å²) < 4.78 is 11.8. The molecule has 0 bridgehead atoms. The predicted octanol–water partition coefficient (Wildman–Crippen LogP) is 3.67. The second-order valence-corrected chi connectivity index (χ2v) is 7.07. The number of methoxy groups -OCH3 is 1. The van der Waals surface area contributed by atoms with Gasteiger partial charge in [0.05, 0.1) is 18.3 Å². The van der Waals surface area contributed by atoms with Crippen molar-refractivity contribution in [2.75, 3.05) is 12.4 Å². The summed E-state index contributed by atoms with van der Waals surface area (Å²) in [5.74, 6) is -0.211. The minimum Gasteiger partial charge on any atom is -0.496 e. The highest BCUT2D eigenvalue weighted by Crippen LogP contribution is 2.33. The molecule has 0 atom stereocenters. The Morgan fingerprint density at radius 3 is 2.93 bits per heavy atom. The third-order valence-electron chi connectivity index (χ3n) is 4.26. The number of ether oxygens (including phenoxy) is 1. The minimum absolute atomic E-state index is 0.154. The van der Waals surface area contributed by atoms with Gasteiger partial charge in [-0.2, -0.15) is 0 Å². The number of thiazole rings is 1. The highest BCUT2D eigenvalue weighted by Gasteiger charge is 2.15. The number of fused-ring (bicyclic) bond motifs is 1. The number of para-hydroxylation sites is 2. The standard InChI is InChI=1S/C20H17N3O4S/c1-12-7-8-16(26-2)13(9-12)14-11-28-19(21-14)22-18(24)10-23-15-5-3-4-6-17(15)27-20(23)25/h3-9,11H,10H2,1-2H3,(H,21,22,24). The number of nitrogens with one attached hydrogen (secondary N) is 1. The van der Waals surface area contributed by atoms with Gasteiger partial charge in [-0.15, -0.1) is 11.3 Å². The summed E-state index contributed by atoms with van der Waals surface area (Å²) in [4.78, 5) is 28.9. The van der Waals surface area contributed by atoms with Crippen molar-refractivity contribution in [3.8, 4) is 17.0 Å². The van der Waals surface area contributed by atoms with E-state index in [1.165, 1.54) is 15.9 Å². The normalized spacial score (nSPS) is 10.9. The maximum atomic E-state index is 12.4. The summed E-state index contributed by atoms with van der Waals surface area (Å²) in [5.41, 5.74) is 3.68. The average molecular weight is 395 g/mol. The molecule has 28 heavy (non-hydrogen) atoms. The van der Waals surface area contributed by atoms with E-state index in [9.17, 15) is 9.59 Å². The second kappa shape index (κ2) is 7.32. The van der Waals surface area contributed by atoms with Gasteiger partial charge in [-0.3, -0.25) is 9.36 Å². The molecule has 1 amide bonds. The van der Waals surface area contributed by atoms with Gasteiger partial charge in [0.25, 0.3) is 0 Å². The van der Waals surface area contributed by atoms with Crippen LogP contribution >= 0.6 is 11.3 Å². The van der Waals surface area contributed by atoms with Crippen LogP contribution in [0.25, 0.3) is 22.4 Å². The maximum absolute atomic E-state index is 12.4. The Bertz CT molecular complexity index is 1220. The average Bonchev–Trinajstić information content (AvgIpc) is 3.26. The van der Waals surface area contributed by atoms with Crippen LogP contribution in [0, 0.1) is 6.92 Å². The number of benzene rings is 2. The topological polar surface area (TPSA) is 86.4 Å². The SMILES string of the molecule is COc1ccc(C)cc1-c1csc(NC(=O)Cn2c(=O)oc3ccccc32)n1. The molecule has 4 rings (SSSR count). The van der Waals surface area contributed by atoms with Gasteiger partial charge in [0, 0.05) is 10.9 Å². The number of hydrogen-bond acceptors (Lipinski definition) is 6. The van der Waals surface area contributed by atoms with Crippen LogP contribution in [0.3, 0.4) is 0 Å². The molecule has 0 saturated heterocycles. The summed E-state index contributed by atoms with van der Waals surface area (Å²) >= 11 is 1.31. The summed E-state index contributed by atoms with van der Waals surface area (Å²) in [6.45, 7) is 1.84. The van der Waals surface area contributed by atoms with Crippen molar-refractivity contribution < 1.29 is 13.9 Å². The summed E-state index contributed by atoms with van der Waals surface area (Å²) in [5, 5.41) is 5.04. The number of carbonyl (C=O) groups is 1. The molecular formula is C20H17N3O4S. The fourth-order valence-corrected chi connectivity index (χ4v) is 3.67. The molecule has 0 spiro atoms. The van der Waals surface area contributed by atoms with Gasteiger partial charge in [0.15, 0.2) is 10.7 Å². The fourth-order valence-electron chi connectivity index (χ4n) is 2.94. The Hall–Kier alpha value is -3.39. The minimum atomic E-state index is -0.569. The maximum Gasteiger partial charge on any atom is 0.420 e. The van der Waals surface area contributed by atoms with E-state index in [2.05, 4.69) is 10.3 Å². The fraction of sp³-hybridized carbons (Fsp3) is 0.150. The first kappa shape index (κ1) is 18.0. The summed E-state index contributed by atoms with van der Waals surface area (Å²) in [7, 11) is 1.61. The van der Waals surface area contributed by atoms with Crippen LogP contribution in [-0.2, 0) is 11.3 Å². The number of rotatable bonds is 5. The first-order chi connectivity index (χ1) is 13.5. The third kappa shape index (κ3) is 3.41. The highest BCUT2D eigenvalue weighted by atomic mass is 32.1. The monoisotopic (exact) mass is 395 g/mol. The smallest absolute Gasteiger partial charge is 0.420 e. The molecule has 1 N–H and O–H groups in total. The van der Waals surface area contributed by atoms with Crippen molar-refractivity contribution >= 4 is 33.5 Å². The zero-order valence-electron chi connectivity index (χ0n) is 15.3. The second-order valence-electron chi connectivity index (χ2n) is 6.21. The van der Waals surface area contributed by atoms with Gasteiger partial charge in [0.1, 0.15) is 12.3 Å². The van der Waals surface area contributed by atoms with Crippen molar-refractivity contribution in [2.24, 2.45) is 0 Å². The van der Waals surface area contributed by atoms with Crippen molar-refractivity contribution in [1.82, 2.24) is 9.55 Å². The van der Waals surface area contributed by atoms with Gasteiger partial charge in [-0.05, 0) is 31.2 Å². The number of carbonyl (C=O) groups excluding carboxylic acids is 1. The number of hydrogen-bond donors (Lipinski definition) is 1. The van der Waals surface area contributed by atoms with Crippen molar-refractivity contribution in [2.45, 2.75) is 13.5 Å². The van der Waals surface area contributed by atoms with E-state index in [1.807, 2.05) is 30.5 Å². The van der Waals surface area contributed by atoms with Gasteiger partial charge >= 0.3 is 5.76 Å². The van der Waals surface area contributed by atoms with Gasteiger partial charge in [0.2, 0.25) is 5.91 Å². The Morgan fingerprint density at radius 2 is 2.11 bits per heavy atom. The lowest BCUT2D eigenvalue weighted by atomic mass is 10.1. The number of aromatic nitrogens is 2. The lowest BCUT2D eigenvalue weighted by molar-refractivity contribution is -0.116. The number of aryl methyl sites for hydroxylation is 1. The largest absolute Gasteiger partial charge is 0.496 e. The third-order valence-corrected chi connectivity index (χ3v) is 5.01. The number of anilines is 1. The van der Waals surface area contributed by atoms with Crippen LogP contribution in [0.2, 0.25) is 0 Å². The van der Waals surface area contributed by atoms with Crippen LogP contribution in [0.5, 0.6) is 5.75 Å². The predicted molar refractivity (Wildman–Crippen MR) is 108 cm³/mol. The van der Waals surface area contributed by atoms with Crippen LogP contribution < -0.4 is 15.8 Å². The van der Waals surface area contributed by atoms with Crippen LogP contribution in [0.4, 0.5) is 5.13 Å². The molecule has 0 aliphatic heterocycles. The van der Waals surface area contributed by atoms with Crippen LogP contribution in [-0.4, -0.2) is 22.6 Å². The number of oxazole rings is 1. The highest BCUT2D eigenvalue weighted by molar-refractivity contribution is 7.14. The Labute approximate surface area is 164 Å². The van der Waals surface area contributed by atoms with E-state index in [1.54, 1.807) is 31.4 Å². The first-order valence-electron chi connectivity index (χ1n) is 8.54. The lowest BCUT2D eigenvalue weighted by Crippen LogP contribution is -2.24. The Morgan fingerprint density at radius 1 is 1.29 bits per heavy atom. The molecule has 2 aromatic carbocycles. The zero-order valence-corrected chi connectivity index (χ0v) is 16.1. The molecule has 142 valence electrons. The molecular weight excluding hydrogens is 378 g/mol. The molecule has 0 aliphatic rings. The van der Waals surface area contributed by atoms with E-state index in [0.717, 1.165) is 11.1 Å². The van der Waals surface area contributed by atoms with Crippen LogP contribution in [0.15, 0.2) is 57.1 Å². The van der Waals surface area contributed by atoms with Crippen LogP contribution in [0.1, 0.15) is 5.56 Å². The Kier molecular flexibility index (Phi) is 4.70. The van der Waals surface area contributed by atoms with Gasteiger partial charge in [-0.1, -0.05) is 23.8 Å². The van der Waals surface area contributed by atoms with E-state index < -0.39 is 5.76 Å². The van der Waals surface area contributed by atoms with Crippen molar-refractivity contribution in [1.29, 1.82) is 0 Å². The molecule has 7 nitrogen and oxygen atoms in total. The summed E-state index contributed by atoms with van der Waals surface area (Å²) in [6, 6.07) is 12.8. The molecule has 0 aliphatic carbocycles. The van der Waals surface area contributed by atoms with Crippen molar-refractivity contribution in [3.63, 3.8) is 0 Å². The van der Waals surface area contributed by atoms with E-state index in [0.29, 0.717) is 27.7 Å². The number of amides is 1. The molecule has 0 radical (unpaired) electrons. The summed E-state index contributed by atoms with van der Waals surface area (Å²) in [6.07, 6.45) is 0. The zero-order chi connectivity index (χ0) is 19.7. The molecule has 0 unspecified atom stereocenters. The van der Waals surface area contributed by atoms with E-state index in [4.69, 9.17) is 9.15 Å². The molecule has 4 aromatic rings. The Balaban J connectivity index is 1.54. The molecule has 0 fully saturated rings. The van der Waals surface area contributed by atoms with E-state index >= 15 is 0 Å². The molecule has 2 heterocycles. The number of nitrogens with zero attached hydrogens (tertiary/aromatic N) is 2. The molecule has 2 aromatic heterocycles. The quantitative estimate of drug-likeness (QED) is 0.557. The molecule has 0 saturated carbocycles. The molecule has 8 heteroatoms. The first-order valence-corrected chi connectivity index (χ1v) is 9.42. The van der Waals surface area contributed by atoms with E-state index in [-0.39, 0.29) is 12.5 Å². The van der Waals surface area contributed by atoms with Gasteiger partial charge < -0.3 is 14.5 Å². The lowest BCUT2D eigenvalue weighted by Gasteiger charge is -2.07. The van der Waals surface area contributed by atoms with Crippen molar-refractivity contribution in [3.05, 3.63) is 64.0 Å².